The summed E-state index contributed by atoms with van der Waals surface area (Å²) < 4.78 is 0. The second-order valence-corrected chi connectivity index (χ2v) is 3.51. The fraction of sp³-hybridized carbons (Fsp3) is 0.800. The Kier molecular flexibility index (Phi) is 3.98. The zero-order valence-corrected chi connectivity index (χ0v) is 7.42. The van der Waals surface area contributed by atoms with Crippen molar-refractivity contribution in [3.63, 3.8) is 0 Å². The smallest absolute Gasteiger partial charge is 0.135 e. The minimum Gasteiger partial charge on any atom is -0.303 e. The number of Topliss-reactive ketones (excluding diaryl/α,β-unsaturated/α-hetero) is 1. The monoisotopic (exact) mass is 168 g/mol. The maximum absolute atomic E-state index is 11.3. The third-order valence-corrected chi connectivity index (χ3v) is 2.56. The molecule has 0 aromatic carbocycles. The molecule has 1 unspecified atom stereocenters. The maximum Gasteiger partial charge on any atom is 0.135 e. The average Bonchev–Trinajstić information content (AvgIpc) is 2.09. The van der Waals surface area contributed by atoms with Gasteiger partial charge in [-0.05, 0) is 25.7 Å². The third kappa shape index (κ3) is 2.76. The van der Waals surface area contributed by atoms with Gasteiger partial charge in [0, 0.05) is 18.8 Å². The number of aldehydes is 1. The Morgan fingerprint density at radius 1 is 1.42 bits per heavy atom. The van der Waals surface area contributed by atoms with Crippen molar-refractivity contribution in [1.29, 1.82) is 0 Å². The van der Waals surface area contributed by atoms with Gasteiger partial charge in [-0.1, -0.05) is 6.42 Å². The maximum atomic E-state index is 11.3. The third-order valence-electron chi connectivity index (χ3n) is 2.56. The van der Waals surface area contributed by atoms with Gasteiger partial charge in [-0.25, -0.2) is 0 Å². The molecule has 0 aromatic rings. The Morgan fingerprint density at radius 2 is 2.25 bits per heavy atom. The van der Waals surface area contributed by atoms with Crippen LogP contribution in [0.5, 0.6) is 0 Å². The number of unbranched alkanes of at least 4 members (excludes halogenated alkanes) is 1. The molecular formula is C10H16O2. The van der Waals surface area contributed by atoms with Gasteiger partial charge in [0.2, 0.25) is 0 Å². The van der Waals surface area contributed by atoms with Gasteiger partial charge in [-0.2, -0.15) is 0 Å². The fourth-order valence-corrected chi connectivity index (χ4v) is 1.81. The Bertz CT molecular complexity index is 163. The van der Waals surface area contributed by atoms with Gasteiger partial charge < -0.3 is 4.79 Å². The van der Waals surface area contributed by atoms with Crippen molar-refractivity contribution in [3.05, 3.63) is 0 Å². The second kappa shape index (κ2) is 5.07. The summed E-state index contributed by atoms with van der Waals surface area (Å²) in [5.74, 6) is 0.700. The molecule has 12 heavy (non-hydrogen) atoms. The fourth-order valence-electron chi connectivity index (χ4n) is 1.81. The van der Waals surface area contributed by atoms with E-state index in [4.69, 9.17) is 0 Å². The number of carbonyl (C=O) groups excluding carboxylic acids is 2. The zero-order valence-electron chi connectivity index (χ0n) is 7.42. The number of ketones is 1. The standard InChI is InChI=1S/C10H16O2/c11-8-4-3-6-9-5-1-2-7-10(9)12/h8-9H,1-7H2. The van der Waals surface area contributed by atoms with Crippen LogP contribution in [0, 0.1) is 5.92 Å². The van der Waals surface area contributed by atoms with Crippen LogP contribution in [0.3, 0.4) is 0 Å². The zero-order chi connectivity index (χ0) is 8.81. The van der Waals surface area contributed by atoms with E-state index in [1.807, 2.05) is 0 Å². The van der Waals surface area contributed by atoms with E-state index in [9.17, 15) is 9.59 Å². The van der Waals surface area contributed by atoms with Crippen LogP contribution in [0.1, 0.15) is 44.9 Å². The van der Waals surface area contributed by atoms with E-state index in [2.05, 4.69) is 0 Å². The topological polar surface area (TPSA) is 34.1 Å². The normalized spacial score (nSPS) is 24.0. The Hall–Kier alpha value is -0.660. The van der Waals surface area contributed by atoms with Crippen molar-refractivity contribution in [2.45, 2.75) is 44.9 Å². The molecule has 0 aliphatic heterocycles. The first-order valence-electron chi connectivity index (χ1n) is 4.81. The molecule has 0 N–H and O–H groups in total. The Morgan fingerprint density at radius 3 is 2.92 bits per heavy atom. The molecule has 0 aromatic heterocycles. The number of hydrogen-bond acceptors (Lipinski definition) is 2. The van der Waals surface area contributed by atoms with Crippen LogP contribution in [0.25, 0.3) is 0 Å². The summed E-state index contributed by atoms with van der Waals surface area (Å²) in [4.78, 5) is 21.3. The molecule has 2 nitrogen and oxygen atoms in total. The lowest BCUT2D eigenvalue weighted by Crippen LogP contribution is -2.18. The molecule has 1 rings (SSSR count). The van der Waals surface area contributed by atoms with Crippen LogP contribution in [-0.4, -0.2) is 12.1 Å². The lowest BCUT2D eigenvalue weighted by molar-refractivity contribution is -0.125. The first kappa shape index (κ1) is 9.43. The molecule has 0 saturated heterocycles. The molecule has 2 heteroatoms. The van der Waals surface area contributed by atoms with E-state index >= 15 is 0 Å². The van der Waals surface area contributed by atoms with E-state index in [0.29, 0.717) is 12.2 Å². The highest BCUT2D eigenvalue weighted by Gasteiger charge is 2.20. The van der Waals surface area contributed by atoms with Crippen LogP contribution in [0.2, 0.25) is 0 Å². The molecule has 1 fully saturated rings. The van der Waals surface area contributed by atoms with Crippen LogP contribution in [0.4, 0.5) is 0 Å². The molecule has 1 aliphatic carbocycles. The van der Waals surface area contributed by atoms with Gasteiger partial charge >= 0.3 is 0 Å². The van der Waals surface area contributed by atoms with Gasteiger partial charge in [-0.3, -0.25) is 4.79 Å². The summed E-state index contributed by atoms with van der Waals surface area (Å²) in [6.45, 7) is 0. The Balaban J connectivity index is 2.20. The Labute approximate surface area is 73.3 Å². The van der Waals surface area contributed by atoms with Gasteiger partial charge in [0.1, 0.15) is 12.1 Å². The predicted octanol–water partition coefficient (Wildman–Crippen LogP) is 2.11. The van der Waals surface area contributed by atoms with Gasteiger partial charge in [0.15, 0.2) is 0 Å². The average molecular weight is 168 g/mol. The van der Waals surface area contributed by atoms with E-state index < -0.39 is 0 Å². The van der Waals surface area contributed by atoms with Crippen molar-refractivity contribution in [2.24, 2.45) is 5.92 Å². The van der Waals surface area contributed by atoms with Crippen LogP contribution < -0.4 is 0 Å². The molecule has 1 aliphatic rings. The number of hydrogen-bond donors (Lipinski definition) is 0. The van der Waals surface area contributed by atoms with E-state index in [0.717, 1.165) is 38.4 Å². The summed E-state index contributed by atoms with van der Waals surface area (Å²) in [5.41, 5.74) is 0. The summed E-state index contributed by atoms with van der Waals surface area (Å²) in [6, 6.07) is 0. The molecule has 1 saturated carbocycles. The number of rotatable bonds is 4. The summed E-state index contributed by atoms with van der Waals surface area (Å²) in [7, 11) is 0. The number of carbonyl (C=O) groups is 2. The highest BCUT2D eigenvalue weighted by Crippen LogP contribution is 2.24. The van der Waals surface area contributed by atoms with Crippen molar-refractivity contribution in [1.82, 2.24) is 0 Å². The summed E-state index contributed by atoms with van der Waals surface area (Å²) >= 11 is 0. The first-order valence-corrected chi connectivity index (χ1v) is 4.81. The van der Waals surface area contributed by atoms with Gasteiger partial charge in [-0.15, -0.1) is 0 Å². The summed E-state index contributed by atoms with van der Waals surface area (Å²) in [5, 5.41) is 0. The summed E-state index contributed by atoms with van der Waals surface area (Å²) in [6.07, 6.45) is 7.46. The minimum absolute atomic E-state index is 0.277. The van der Waals surface area contributed by atoms with Crippen molar-refractivity contribution < 1.29 is 9.59 Å². The molecule has 0 spiro atoms. The second-order valence-electron chi connectivity index (χ2n) is 3.51. The lowest BCUT2D eigenvalue weighted by Gasteiger charge is -2.19. The predicted molar refractivity (Wildman–Crippen MR) is 46.9 cm³/mol. The molecular weight excluding hydrogens is 152 g/mol. The van der Waals surface area contributed by atoms with Crippen molar-refractivity contribution in [3.8, 4) is 0 Å². The van der Waals surface area contributed by atoms with Crippen molar-refractivity contribution in [2.75, 3.05) is 0 Å². The molecule has 0 radical (unpaired) electrons. The molecule has 0 heterocycles. The van der Waals surface area contributed by atoms with Crippen molar-refractivity contribution >= 4 is 12.1 Å². The SMILES string of the molecule is O=CCCCC1CCCCC1=O. The van der Waals surface area contributed by atoms with Crippen LogP contribution in [-0.2, 0) is 9.59 Å². The highest BCUT2D eigenvalue weighted by atomic mass is 16.1. The quantitative estimate of drug-likeness (QED) is 0.476. The molecule has 1 atom stereocenters. The largest absolute Gasteiger partial charge is 0.303 e. The molecule has 0 amide bonds. The lowest BCUT2D eigenvalue weighted by atomic mass is 9.85. The van der Waals surface area contributed by atoms with E-state index in [1.165, 1.54) is 6.42 Å². The molecule has 0 bridgehead atoms. The first-order chi connectivity index (χ1) is 5.84. The van der Waals surface area contributed by atoms with E-state index in [-0.39, 0.29) is 5.92 Å². The minimum atomic E-state index is 0.277. The van der Waals surface area contributed by atoms with Crippen LogP contribution >= 0.6 is 0 Å². The van der Waals surface area contributed by atoms with Crippen LogP contribution in [0.15, 0.2) is 0 Å². The van der Waals surface area contributed by atoms with E-state index in [1.54, 1.807) is 0 Å². The van der Waals surface area contributed by atoms with Gasteiger partial charge in [0.05, 0.1) is 0 Å². The molecule has 68 valence electrons. The van der Waals surface area contributed by atoms with Gasteiger partial charge in [0.25, 0.3) is 0 Å². The highest BCUT2D eigenvalue weighted by molar-refractivity contribution is 5.81.